The van der Waals surface area contributed by atoms with Crippen molar-refractivity contribution in [3.05, 3.63) is 52.7 Å². The number of methoxy groups -OCH3 is 2. The molecule has 11 heteroatoms. The van der Waals surface area contributed by atoms with E-state index >= 15 is 0 Å². The first-order chi connectivity index (χ1) is 20.6. The molecule has 2 saturated heterocycles. The minimum absolute atomic E-state index is 0.405. The SMILES string of the molecule is COc1cc(N2CCOCC2)ccc1Nc1nc(Nc2ccc3c(c2OC)CCC(N2CCOCC2)CC3)ncc1Cl. The third kappa shape index (κ3) is 6.36. The van der Waals surface area contributed by atoms with Gasteiger partial charge in [-0.25, -0.2) is 4.98 Å². The summed E-state index contributed by atoms with van der Waals surface area (Å²) in [5.74, 6) is 2.45. The third-order valence-electron chi connectivity index (χ3n) is 8.40. The zero-order valence-corrected chi connectivity index (χ0v) is 25.1. The van der Waals surface area contributed by atoms with E-state index in [4.69, 9.17) is 35.5 Å². The van der Waals surface area contributed by atoms with E-state index in [9.17, 15) is 0 Å². The van der Waals surface area contributed by atoms with Crippen molar-refractivity contribution in [2.24, 2.45) is 0 Å². The van der Waals surface area contributed by atoms with E-state index in [1.165, 1.54) is 11.1 Å². The molecular weight excluding hydrogens is 556 g/mol. The largest absolute Gasteiger partial charge is 0.494 e. The van der Waals surface area contributed by atoms with Crippen molar-refractivity contribution in [1.82, 2.24) is 14.9 Å². The molecule has 3 heterocycles. The highest BCUT2D eigenvalue weighted by Crippen LogP contribution is 2.38. The van der Waals surface area contributed by atoms with Gasteiger partial charge in [-0.3, -0.25) is 4.90 Å². The van der Waals surface area contributed by atoms with Gasteiger partial charge in [0.05, 0.1) is 58.2 Å². The van der Waals surface area contributed by atoms with Crippen molar-refractivity contribution in [2.75, 3.05) is 82.4 Å². The molecular formula is C31H39ClN6O4. The third-order valence-corrected chi connectivity index (χ3v) is 8.68. The maximum Gasteiger partial charge on any atom is 0.229 e. The molecule has 0 radical (unpaired) electrons. The Morgan fingerprint density at radius 3 is 2.38 bits per heavy atom. The fourth-order valence-corrected chi connectivity index (χ4v) is 6.30. The summed E-state index contributed by atoms with van der Waals surface area (Å²) in [5, 5.41) is 7.12. The second-order valence-corrected chi connectivity index (χ2v) is 11.2. The number of hydrogen-bond acceptors (Lipinski definition) is 10. The average Bonchev–Trinajstić information content (AvgIpc) is 3.26. The number of rotatable bonds is 8. The lowest BCUT2D eigenvalue weighted by atomic mass is 10.0. The number of fused-ring (bicyclic) bond motifs is 1. The van der Waals surface area contributed by atoms with E-state index < -0.39 is 0 Å². The Morgan fingerprint density at radius 1 is 0.881 bits per heavy atom. The van der Waals surface area contributed by atoms with Gasteiger partial charge in [-0.2, -0.15) is 4.98 Å². The average molecular weight is 595 g/mol. The molecule has 3 aliphatic rings. The number of benzene rings is 2. The number of hydrogen-bond donors (Lipinski definition) is 2. The maximum absolute atomic E-state index is 6.53. The van der Waals surface area contributed by atoms with Gasteiger partial charge in [0.15, 0.2) is 5.82 Å². The van der Waals surface area contributed by atoms with E-state index in [1.807, 2.05) is 12.1 Å². The van der Waals surface area contributed by atoms with Crippen LogP contribution in [0, 0.1) is 0 Å². The van der Waals surface area contributed by atoms with Crippen LogP contribution in [0.15, 0.2) is 36.5 Å². The van der Waals surface area contributed by atoms with Crippen LogP contribution < -0.4 is 25.0 Å². The van der Waals surface area contributed by atoms with E-state index in [2.05, 4.69) is 43.6 Å². The van der Waals surface area contributed by atoms with Gasteiger partial charge in [-0.15, -0.1) is 0 Å². The zero-order valence-electron chi connectivity index (χ0n) is 24.3. The van der Waals surface area contributed by atoms with E-state index in [-0.39, 0.29) is 0 Å². The Hall–Kier alpha value is -3.31. The first-order valence-electron chi connectivity index (χ1n) is 14.7. The summed E-state index contributed by atoms with van der Waals surface area (Å²) in [4.78, 5) is 14.0. The lowest BCUT2D eigenvalue weighted by molar-refractivity contribution is 0.0136. The molecule has 2 fully saturated rings. The normalized spacial score (nSPS) is 19.5. The molecule has 0 spiro atoms. The molecule has 1 aromatic heterocycles. The minimum Gasteiger partial charge on any atom is -0.494 e. The Morgan fingerprint density at radius 2 is 1.62 bits per heavy atom. The van der Waals surface area contributed by atoms with Crippen LogP contribution in [0.4, 0.5) is 28.8 Å². The molecule has 6 rings (SSSR count). The van der Waals surface area contributed by atoms with Crippen molar-refractivity contribution < 1.29 is 18.9 Å². The first-order valence-corrected chi connectivity index (χ1v) is 15.1. The molecule has 2 aromatic carbocycles. The zero-order chi connectivity index (χ0) is 28.9. The number of aromatic nitrogens is 2. The van der Waals surface area contributed by atoms with Crippen LogP contribution in [0.1, 0.15) is 24.0 Å². The Bertz CT molecular complexity index is 1380. The van der Waals surface area contributed by atoms with Gasteiger partial charge in [0.2, 0.25) is 5.95 Å². The number of nitrogens with zero attached hydrogens (tertiary/aromatic N) is 4. The predicted octanol–water partition coefficient (Wildman–Crippen LogP) is 5.05. The molecule has 2 aliphatic heterocycles. The van der Waals surface area contributed by atoms with Gasteiger partial charge in [-0.1, -0.05) is 17.7 Å². The fraction of sp³-hybridized carbons (Fsp3) is 0.484. The van der Waals surface area contributed by atoms with Crippen LogP contribution >= 0.6 is 11.6 Å². The lowest BCUT2D eigenvalue weighted by Gasteiger charge is -2.34. The summed E-state index contributed by atoms with van der Waals surface area (Å²) < 4.78 is 22.7. The Labute approximate surface area is 252 Å². The highest BCUT2D eigenvalue weighted by molar-refractivity contribution is 6.33. The molecule has 0 bridgehead atoms. The smallest absolute Gasteiger partial charge is 0.229 e. The van der Waals surface area contributed by atoms with Gasteiger partial charge < -0.3 is 34.5 Å². The fourth-order valence-electron chi connectivity index (χ4n) is 6.16. The van der Waals surface area contributed by atoms with Crippen molar-refractivity contribution in [3.8, 4) is 11.5 Å². The van der Waals surface area contributed by atoms with Gasteiger partial charge in [0, 0.05) is 44.0 Å². The van der Waals surface area contributed by atoms with Crippen molar-refractivity contribution in [2.45, 2.75) is 31.7 Å². The van der Waals surface area contributed by atoms with Gasteiger partial charge >= 0.3 is 0 Å². The van der Waals surface area contributed by atoms with Crippen LogP contribution in [0.3, 0.4) is 0 Å². The predicted molar refractivity (Wildman–Crippen MR) is 165 cm³/mol. The Kier molecular flexibility index (Phi) is 9.14. The summed E-state index contributed by atoms with van der Waals surface area (Å²) in [6.07, 6.45) is 5.84. The standard InChI is InChI=1S/C31H39ClN6O4/c1-39-28-19-23(38-13-17-42-18-14-38)7-10-26(28)34-30-25(32)20-33-31(36-30)35-27-9-4-21-3-5-22(37-11-15-41-16-12-37)6-8-24(21)29(27)40-2/h4,7,9-10,19-20,22H,3,5-6,8,11-18H2,1-2H3,(H2,33,34,35,36). The molecule has 42 heavy (non-hydrogen) atoms. The Balaban J connectivity index is 1.19. The van der Waals surface area contributed by atoms with Crippen LogP contribution in [-0.2, 0) is 22.3 Å². The number of morpholine rings is 2. The maximum atomic E-state index is 6.53. The van der Waals surface area contributed by atoms with Crippen LogP contribution in [0.2, 0.25) is 5.02 Å². The second kappa shape index (κ2) is 13.3. The summed E-state index contributed by atoms with van der Waals surface area (Å²) in [6.45, 7) is 6.82. The molecule has 0 saturated carbocycles. The molecule has 2 N–H and O–H groups in total. The second-order valence-electron chi connectivity index (χ2n) is 10.8. The first kappa shape index (κ1) is 28.8. The van der Waals surface area contributed by atoms with Crippen molar-refractivity contribution in [1.29, 1.82) is 0 Å². The summed E-state index contributed by atoms with van der Waals surface area (Å²) in [5.41, 5.74) is 5.29. The van der Waals surface area contributed by atoms with Crippen LogP contribution in [-0.4, -0.2) is 87.7 Å². The number of nitrogens with one attached hydrogen (secondary N) is 2. The van der Waals surface area contributed by atoms with Gasteiger partial charge in [0.1, 0.15) is 16.5 Å². The van der Waals surface area contributed by atoms with E-state index in [0.717, 1.165) is 101 Å². The molecule has 3 aromatic rings. The quantitative estimate of drug-likeness (QED) is 0.345. The van der Waals surface area contributed by atoms with Crippen LogP contribution in [0.5, 0.6) is 11.5 Å². The highest BCUT2D eigenvalue weighted by atomic mass is 35.5. The lowest BCUT2D eigenvalue weighted by Crippen LogP contribution is -2.43. The topological polar surface area (TPSA) is 93.2 Å². The number of anilines is 5. The number of aryl methyl sites for hydroxylation is 1. The van der Waals surface area contributed by atoms with Crippen LogP contribution in [0.25, 0.3) is 0 Å². The van der Waals surface area contributed by atoms with E-state index in [1.54, 1.807) is 20.4 Å². The van der Waals surface area contributed by atoms with Crippen molar-refractivity contribution in [3.63, 3.8) is 0 Å². The molecule has 1 atom stereocenters. The monoisotopic (exact) mass is 594 g/mol. The highest BCUT2D eigenvalue weighted by Gasteiger charge is 2.26. The molecule has 1 aliphatic carbocycles. The summed E-state index contributed by atoms with van der Waals surface area (Å²) >= 11 is 6.53. The molecule has 224 valence electrons. The summed E-state index contributed by atoms with van der Waals surface area (Å²) in [6, 6.07) is 10.9. The molecule has 10 nitrogen and oxygen atoms in total. The number of halogens is 1. The minimum atomic E-state index is 0.405. The molecule has 0 amide bonds. The van der Waals surface area contributed by atoms with Gasteiger partial charge in [-0.05, 0) is 55.0 Å². The van der Waals surface area contributed by atoms with Crippen molar-refractivity contribution >= 4 is 40.4 Å². The van der Waals surface area contributed by atoms with Gasteiger partial charge in [0.25, 0.3) is 0 Å². The summed E-state index contributed by atoms with van der Waals surface area (Å²) in [7, 11) is 3.39. The number of ether oxygens (including phenoxy) is 4. The molecule has 1 unspecified atom stereocenters. The van der Waals surface area contributed by atoms with E-state index in [0.29, 0.717) is 28.6 Å².